The molecule has 18 heavy (non-hydrogen) atoms. The van der Waals surface area contributed by atoms with Crippen molar-refractivity contribution in [3.63, 3.8) is 0 Å². The first-order valence-corrected chi connectivity index (χ1v) is 6.28. The predicted molar refractivity (Wildman–Crippen MR) is 71.1 cm³/mol. The Morgan fingerprint density at radius 2 is 2.00 bits per heavy atom. The van der Waals surface area contributed by atoms with Gasteiger partial charge in [-0.25, -0.2) is 4.68 Å². The third-order valence-corrected chi connectivity index (χ3v) is 3.17. The Morgan fingerprint density at radius 3 is 2.61 bits per heavy atom. The van der Waals surface area contributed by atoms with Gasteiger partial charge in [-0.15, -0.1) is 5.10 Å². The summed E-state index contributed by atoms with van der Waals surface area (Å²) in [6.45, 7) is 7.02. The maximum absolute atomic E-state index is 9.37. The van der Waals surface area contributed by atoms with Gasteiger partial charge in [0.2, 0.25) is 0 Å². The van der Waals surface area contributed by atoms with Crippen LogP contribution >= 0.6 is 0 Å². The number of benzene rings is 1. The predicted octanol–water partition coefficient (Wildman–Crippen LogP) is 2.46. The van der Waals surface area contributed by atoms with Crippen molar-refractivity contribution < 1.29 is 5.11 Å². The molecule has 0 unspecified atom stereocenters. The first-order valence-electron chi connectivity index (χ1n) is 6.28. The van der Waals surface area contributed by atoms with Crippen molar-refractivity contribution in [1.82, 2.24) is 15.0 Å². The van der Waals surface area contributed by atoms with E-state index in [1.54, 1.807) is 0 Å². The number of nitrogens with zero attached hydrogens (tertiary/aromatic N) is 3. The zero-order valence-electron chi connectivity index (χ0n) is 11.1. The second-order valence-electron chi connectivity index (χ2n) is 4.57. The molecule has 0 radical (unpaired) electrons. The van der Waals surface area contributed by atoms with Gasteiger partial charge in [-0.3, -0.25) is 0 Å². The summed E-state index contributed by atoms with van der Waals surface area (Å²) in [7, 11) is 0. The molecule has 0 saturated heterocycles. The molecule has 2 rings (SSSR count). The smallest absolute Gasteiger partial charge is 0.116 e. The summed E-state index contributed by atoms with van der Waals surface area (Å²) in [4.78, 5) is 0. The first kappa shape index (κ1) is 12.8. The number of aryl methyl sites for hydroxylation is 3. The highest BCUT2D eigenvalue weighted by Crippen LogP contribution is 2.24. The Labute approximate surface area is 107 Å². The normalized spacial score (nSPS) is 10.9. The van der Waals surface area contributed by atoms with Gasteiger partial charge in [0.1, 0.15) is 5.69 Å². The van der Waals surface area contributed by atoms with Gasteiger partial charge in [-0.1, -0.05) is 24.3 Å². The van der Waals surface area contributed by atoms with Gasteiger partial charge in [0, 0.05) is 12.1 Å². The van der Waals surface area contributed by atoms with Gasteiger partial charge in [-0.2, -0.15) is 0 Å². The van der Waals surface area contributed by atoms with Crippen LogP contribution in [-0.4, -0.2) is 20.1 Å². The van der Waals surface area contributed by atoms with Crippen molar-refractivity contribution in [3.8, 4) is 11.3 Å². The molecular formula is C14H19N3O. The molecule has 4 heteroatoms. The van der Waals surface area contributed by atoms with E-state index in [0.29, 0.717) is 5.69 Å². The SMILES string of the molecule is CCCn1nnc(CO)c1-c1ccc(C)c(C)c1. The van der Waals surface area contributed by atoms with Crippen LogP contribution in [0.1, 0.15) is 30.2 Å². The summed E-state index contributed by atoms with van der Waals surface area (Å²) in [5, 5.41) is 17.5. The Morgan fingerprint density at radius 1 is 1.22 bits per heavy atom. The summed E-state index contributed by atoms with van der Waals surface area (Å²) in [5.74, 6) is 0. The molecule has 0 atom stereocenters. The minimum absolute atomic E-state index is 0.0774. The molecule has 0 bridgehead atoms. The molecule has 1 aromatic heterocycles. The van der Waals surface area contributed by atoms with Crippen LogP contribution in [0.3, 0.4) is 0 Å². The molecule has 0 fully saturated rings. The molecule has 0 spiro atoms. The van der Waals surface area contributed by atoms with Gasteiger partial charge in [0.05, 0.1) is 12.3 Å². The maximum atomic E-state index is 9.37. The van der Waals surface area contributed by atoms with E-state index in [1.165, 1.54) is 11.1 Å². The quantitative estimate of drug-likeness (QED) is 0.900. The highest BCUT2D eigenvalue weighted by atomic mass is 16.3. The van der Waals surface area contributed by atoms with Gasteiger partial charge in [0.25, 0.3) is 0 Å². The lowest BCUT2D eigenvalue weighted by Gasteiger charge is -2.08. The summed E-state index contributed by atoms with van der Waals surface area (Å²) < 4.78 is 1.87. The fourth-order valence-electron chi connectivity index (χ4n) is 2.03. The van der Waals surface area contributed by atoms with Crippen LogP contribution in [0.5, 0.6) is 0 Å². The van der Waals surface area contributed by atoms with Crippen LogP contribution in [0, 0.1) is 13.8 Å². The van der Waals surface area contributed by atoms with Crippen molar-refractivity contribution in [2.75, 3.05) is 0 Å². The maximum Gasteiger partial charge on any atom is 0.116 e. The van der Waals surface area contributed by atoms with Crippen LogP contribution in [0.25, 0.3) is 11.3 Å². The highest BCUT2D eigenvalue weighted by Gasteiger charge is 2.14. The lowest BCUT2D eigenvalue weighted by atomic mass is 10.0. The second kappa shape index (κ2) is 5.31. The van der Waals surface area contributed by atoms with E-state index in [0.717, 1.165) is 24.2 Å². The van der Waals surface area contributed by atoms with Crippen molar-refractivity contribution in [2.45, 2.75) is 40.3 Å². The monoisotopic (exact) mass is 245 g/mol. The van der Waals surface area contributed by atoms with E-state index in [1.807, 2.05) is 4.68 Å². The number of hydrogen-bond acceptors (Lipinski definition) is 3. The Hall–Kier alpha value is -1.68. The zero-order valence-corrected chi connectivity index (χ0v) is 11.1. The summed E-state index contributed by atoms with van der Waals surface area (Å²) >= 11 is 0. The number of rotatable bonds is 4. The number of aromatic nitrogens is 3. The Kier molecular flexibility index (Phi) is 3.77. The minimum atomic E-state index is -0.0774. The fraction of sp³-hybridized carbons (Fsp3) is 0.429. The summed E-state index contributed by atoms with van der Waals surface area (Å²) in [6.07, 6.45) is 0.992. The highest BCUT2D eigenvalue weighted by molar-refractivity contribution is 5.63. The molecule has 0 amide bonds. The standard InChI is InChI=1S/C14H19N3O/c1-4-7-17-14(13(9-18)15-16-17)12-6-5-10(2)11(3)8-12/h5-6,8,18H,4,7,9H2,1-3H3. The van der Waals surface area contributed by atoms with E-state index < -0.39 is 0 Å². The van der Waals surface area contributed by atoms with Gasteiger partial charge in [-0.05, 0) is 37.5 Å². The second-order valence-corrected chi connectivity index (χ2v) is 4.57. The van der Waals surface area contributed by atoms with E-state index in [-0.39, 0.29) is 6.61 Å². The molecule has 1 heterocycles. The third kappa shape index (κ3) is 2.29. The van der Waals surface area contributed by atoms with Crippen molar-refractivity contribution in [2.24, 2.45) is 0 Å². The van der Waals surface area contributed by atoms with E-state index in [9.17, 15) is 5.11 Å². The van der Waals surface area contributed by atoms with Gasteiger partial charge in [0.15, 0.2) is 0 Å². The van der Waals surface area contributed by atoms with Crippen molar-refractivity contribution in [3.05, 3.63) is 35.0 Å². The number of aliphatic hydroxyl groups excluding tert-OH is 1. The lowest BCUT2D eigenvalue weighted by molar-refractivity contribution is 0.277. The summed E-state index contributed by atoms with van der Waals surface area (Å²) in [6, 6.07) is 6.28. The molecule has 0 aliphatic carbocycles. The Balaban J connectivity index is 2.53. The van der Waals surface area contributed by atoms with Crippen LogP contribution in [0.2, 0.25) is 0 Å². The molecule has 96 valence electrons. The number of aliphatic hydroxyl groups is 1. The largest absolute Gasteiger partial charge is 0.390 e. The molecule has 4 nitrogen and oxygen atoms in total. The van der Waals surface area contributed by atoms with E-state index in [2.05, 4.69) is 49.3 Å². The molecule has 1 aromatic carbocycles. The molecule has 1 N–H and O–H groups in total. The van der Waals surface area contributed by atoms with E-state index >= 15 is 0 Å². The minimum Gasteiger partial charge on any atom is -0.390 e. The molecule has 0 aliphatic heterocycles. The van der Waals surface area contributed by atoms with Crippen LogP contribution in [-0.2, 0) is 13.2 Å². The van der Waals surface area contributed by atoms with Crippen molar-refractivity contribution in [1.29, 1.82) is 0 Å². The zero-order chi connectivity index (χ0) is 13.1. The average Bonchev–Trinajstić information content (AvgIpc) is 2.76. The molecule has 0 aliphatic rings. The fourth-order valence-corrected chi connectivity index (χ4v) is 2.03. The third-order valence-electron chi connectivity index (χ3n) is 3.17. The van der Waals surface area contributed by atoms with Crippen molar-refractivity contribution >= 4 is 0 Å². The van der Waals surface area contributed by atoms with Gasteiger partial charge >= 0.3 is 0 Å². The van der Waals surface area contributed by atoms with Crippen LogP contribution in [0.4, 0.5) is 0 Å². The van der Waals surface area contributed by atoms with E-state index in [4.69, 9.17) is 0 Å². The first-order chi connectivity index (χ1) is 8.67. The van der Waals surface area contributed by atoms with Gasteiger partial charge < -0.3 is 5.11 Å². The summed E-state index contributed by atoms with van der Waals surface area (Å²) in [5.41, 5.74) is 5.15. The lowest BCUT2D eigenvalue weighted by Crippen LogP contribution is -2.02. The molecule has 2 aromatic rings. The van der Waals surface area contributed by atoms with Crippen LogP contribution in [0.15, 0.2) is 18.2 Å². The topological polar surface area (TPSA) is 50.9 Å². The average molecular weight is 245 g/mol. The van der Waals surface area contributed by atoms with Crippen LogP contribution < -0.4 is 0 Å². The number of hydrogen-bond donors (Lipinski definition) is 1. The Bertz CT molecular complexity index is 546. The molecular weight excluding hydrogens is 226 g/mol. The molecule has 0 saturated carbocycles.